The zero-order valence-electron chi connectivity index (χ0n) is 25.7. The minimum atomic E-state index is 0.0372. The molecule has 0 fully saturated rings. The lowest BCUT2D eigenvalue weighted by Crippen LogP contribution is -2.14. The number of hydrogen-bond donors (Lipinski definition) is 0. The van der Waals surface area contributed by atoms with Crippen LogP contribution in [0.5, 0.6) is 0 Å². The summed E-state index contributed by atoms with van der Waals surface area (Å²) in [7, 11) is 0. The Morgan fingerprint density at radius 1 is 0.528 bits per heavy atom. The molecule has 216 valence electrons. The molecule has 0 bridgehead atoms. The van der Waals surface area contributed by atoms with E-state index in [0.717, 1.165) is 18.3 Å². The molecule has 0 aromatic carbocycles. The molecule has 0 aliphatic heterocycles. The molecule has 36 heavy (non-hydrogen) atoms. The summed E-state index contributed by atoms with van der Waals surface area (Å²) < 4.78 is 5.68. The van der Waals surface area contributed by atoms with Crippen LogP contribution >= 0.6 is 0 Å². The van der Waals surface area contributed by atoms with Crippen molar-refractivity contribution in [3.05, 3.63) is 0 Å². The smallest absolute Gasteiger partial charge is 0.305 e. The van der Waals surface area contributed by atoms with Crippen molar-refractivity contribution in [3.63, 3.8) is 0 Å². The normalized spacial score (nSPS) is 13.3. The molecule has 2 atom stereocenters. The molecular formula is C34H68O2. The van der Waals surface area contributed by atoms with Gasteiger partial charge in [-0.1, -0.05) is 163 Å². The van der Waals surface area contributed by atoms with E-state index in [1.165, 1.54) is 141 Å². The van der Waals surface area contributed by atoms with Gasteiger partial charge in [-0.3, -0.25) is 4.79 Å². The average Bonchev–Trinajstić information content (AvgIpc) is 2.87. The second-order valence-corrected chi connectivity index (χ2v) is 12.1. The number of rotatable bonds is 28. The molecule has 0 spiro atoms. The molecule has 0 amide bonds. The first-order valence-corrected chi connectivity index (χ1v) is 16.7. The third-order valence-corrected chi connectivity index (χ3v) is 8.24. The molecule has 0 radical (unpaired) electrons. The van der Waals surface area contributed by atoms with Crippen molar-refractivity contribution in [2.75, 3.05) is 6.61 Å². The van der Waals surface area contributed by atoms with Gasteiger partial charge in [-0.05, 0) is 37.0 Å². The van der Waals surface area contributed by atoms with Crippen LogP contribution in [0.3, 0.4) is 0 Å². The molecule has 0 N–H and O–H groups in total. The van der Waals surface area contributed by atoms with Crippen LogP contribution in [0, 0.1) is 17.8 Å². The van der Waals surface area contributed by atoms with Crippen molar-refractivity contribution in [1.29, 1.82) is 0 Å². The number of esters is 1. The third kappa shape index (κ3) is 23.8. The summed E-state index contributed by atoms with van der Waals surface area (Å²) in [5, 5.41) is 0. The first-order chi connectivity index (χ1) is 17.5. The molecule has 0 rings (SSSR count). The van der Waals surface area contributed by atoms with E-state index in [4.69, 9.17) is 4.74 Å². The molecule has 2 unspecified atom stereocenters. The van der Waals surface area contributed by atoms with Gasteiger partial charge in [0.2, 0.25) is 0 Å². The molecule has 2 nitrogen and oxygen atoms in total. The van der Waals surface area contributed by atoms with Crippen molar-refractivity contribution in [3.8, 4) is 0 Å². The van der Waals surface area contributed by atoms with Gasteiger partial charge in [-0.25, -0.2) is 0 Å². The van der Waals surface area contributed by atoms with E-state index < -0.39 is 0 Å². The van der Waals surface area contributed by atoms with Crippen LogP contribution in [-0.4, -0.2) is 12.6 Å². The van der Waals surface area contributed by atoms with E-state index in [-0.39, 0.29) is 5.97 Å². The van der Waals surface area contributed by atoms with Crippen LogP contribution in [0.2, 0.25) is 0 Å². The SMILES string of the molecule is CCCCCCCCCC(CCCCCCCCC(=O)OCC(CCCC)CCCCCC)C(C)C. The molecule has 0 aromatic heterocycles. The van der Waals surface area contributed by atoms with Crippen molar-refractivity contribution in [2.45, 2.75) is 189 Å². The predicted octanol–water partition coefficient (Wildman–Crippen LogP) is 11.8. The largest absolute Gasteiger partial charge is 0.465 e. The van der Waals surface area contributed by atoms with Gasteiger partial charge in [-0.15, -0.1) is 0 Å². The Labute approximate surface area is 228 Å². The third-order valence-electron chi connectivity index (χ3n) is 8.24. The van der Waals surface area contributed by atoms with E-state index in [9.17, 15) is 4.79 Å². The topological polar surface area (TPSA) is 26.3 Å². The fourth-order valence-corrected chi connectivity index (χ4v) is 5.50. The van der Waals surface area contributed by atoms with Crippen LogP contribution in [0.1, 0.15) is 189 Å². The first kappa shape index (κ1) is 35.5. The molecule has 0 aliphatic rings. The maximum Gasteiger partial charge on any atom is 0.305 e. The summed E-state index contributed by atoms with van der Waals surface area (Å²) in [5.41, 5.74) is 0. The van der Waals surface area contributed by atoms with Gasteiger partial charge in [0.1, 0.15) is 0 Å². The summed E-state index contributed by atoms with van der Waals surface area (Å²) in [6.07, 6.45) is 31.1. The molecule has 0 aromatic rings. The van der Waals surface area contributed by atoms with Gasteiger partial charge in [-0.2, -0.15) is 0 Å². The van der Waals surface area contributed by atoms with Gasteiger partial charge < -0.3 is 4.74 Å². The Morgan fingerprint density at radius 2 is 0.944 bits per heavy atom. The number of ether oxygens (including phenoxy) is 1. The number of carbonyl (C=O) groups excluding carboxylic acids is 1. The number of unbranched alkanes of at least 4 members (excludes halogenated alkanes) is 15. The van der Waals surface area contributed by atoms with Gasteiger partial charge in [0.25, 0.3) is 0 Å². The highest BCUT2D eigenvalue weighted by atomic mass is 16.5. The summed E-state index contributed by atoms with van der Waals surface area (Å²) in [4.78, 5) is 12.2. The lowest BCUT2D eigenvalue weighted by molar-refractivity contribution is -0.145. The van der Waals surface area contributed by atoms with Gasteiger partial charge in [0, 0.05) is 6.42 Å². The summed E-state index contributed by atoms with van der Waals surface area (Å²) in [5.74, 6) is 2.36. The quantitative estimate of drug-likeness (QED) is 0.0775. The summed E-state index contributed by atoms with van der Waals surface area (Å²) in [6.45, 7) is 12.3. The Hall–Kier alpha value is -0.530. The fraction of sp³-hybridized carbons (Fsp3) is 0.971. The van der Waals surface area contributed by atoms with E-state index in [2.05, 4.69) is 34.6 Å². The minimum absolute atomic E-state index is 0.0372. The maximum atomic E-state index is 12.2. The second kappa shape index (κ2) is 27.5. The van der Waals surface area contributed by atoms with Crippen LogP contribution in [-0.2, 0) is 9.53 Å². The standard InChI is InChI=1S/C34H68O2/c1-6-9-12-14-15-18-22-27-33(31(4)5)28-23-19-16-17-20-24-29-34(35)36-30-32(25-11-8-3)26-21-13-10-7-2/h31-33H,6-30H2,1-5H3. The van der Waals surface area contributed by atoms with E-state index >= 15 is 0 Å². The van der Waals surface area contributed by atoms with E-state index in [0.29, 0.717) is 18.9 Å². The molecule has 0 aliphatic carbocycles. The zero-order chi connectivity index (χ0) is 26.7. The highest BCUT2D eigenvalue weighted by Gasteiger charge is 2.13. The van der Waals surface area contributed by atoms with Gasteiger partial charge in [0.15, 0.2) is 0 Å². The van der Waals surface area contributed by atoms with Crippen molar-refractivity contribution < 1.29 is 9.53 Å². The molecule has 0 saturated heterocycles. The average molecular weight is 509 g/mol. The van der Waals surface area contributed by atoms with Crippen molar-refractivity contribution in [1.82, 2.24) is 0 Å². The van der Waals surface area contributed by atoms with Crippen LogP contribution in [0.15, 0.2) is 0 Å². The molecule has 0 heterocycles. The predicted molar refractivity (Wildman–Crippen MR) is 161 cm³/mol. The lowest BCUT2D eigenvalue weighted by atomic mass is 9.85. The monoisotopic (exact) mass is 509 g/mol. The zero-order valence-corrected chi connectivity index (χ0v) is 25.7. The van der Waals surface area contributed by atoms with Crippen molar-refractivity contribution in [2.24, 2.45) is 17.8 Å². The minimum Gasteiger partial charge on any atom is -0.465 e. The number of carbonyl (C=O) groups is 1. The van der Waals surface area contributed by atoms with Crippen LogP contribution < -0.4 is 0 Å². The van der Waals surface area contributed by atoms with Gasteiger partial charge in [0.05, 0.1) is 6.61 Å². The van der Waals surface area contributed by atoms with Crippen LogP contribution in [0.4, 0.5) is 0 Å². The summed E-state index contributed by atoms with van der Waals surface area (Å²) in [6, 6.07) is 0. The first-order valence-electron chi connectivity index (χ1n) is 16.7. The molecule has 0 saturated carbocycles. The Bertz CT molecular complexity index is 444. The number of hydrogen-bond acceptors (Lipinski definition) is 2. The molecule has 2 heteroatoms. The van der Waals surface area contributed by atoms with E-state index in [1.807, 2.05) is 0 Å². The lowest BCUT2D eigenvalue weighted by Gasteiger charge is -2.20. The van der Waals surface area contributed by atoms with Gasteiger partial charge >= 0.3 is 5.97 Å². The molecular weight excluding hydrogens is 440 g/mol. The Kier molecular flexibility index (Phi) is 27.1. The van der Waals surface area contributed by atoms with Crippen molar-refractivity contribution >= 4 is 5.97 Å². The Balaban J connectivity index is 3.77. The fourth-order valence-electron chi connectivity index (χ4n) is 5.50. The second-order valence-electron chi connectivity index (χ2n) is 12.1. The highest BCUT2D eigenvalue weighted by molar-refractivity contribution is 5.69. The van der Waals surface area contributed by atoms with Crippen LogP contribution in [0.25, 0.3) is 0 Å². The maximum absolute atomic E-state index is 12.2. The van der Waals surface area contributed by atoms with E-state index in [1.54, 1.807) is 0 Å². The Morgan fingerprint density at radius 3 is 1.47 bits per heavy atom. The highest BCUT2D eigenvalue weighted by Crippen LogP contribution is 2.26. The summed E-state index contributed by atoms with van der Waals surface area (Å²) >= 11 is 0.